The number of rotatable bonds is 9. The normalized spacial score (nSPS) is 33.1. The standard InChI is InChI=1S/C23H32O6/c24-17(7-4-14-26-15-16-5-2-1-3-6-16)18-8-9-19(27-18)20-10-11-21(28-20)22-12-13-23(25)29-22/h1-3,5-6,17-22,24H,4,7-15H2/t17-,18+,19-,20-,21-,22+/m0/s1. The van der Waals surface area contributed by atoms with E-state index in [1.54, 1.807) is 0 Å². The van der Waals surface area contributed by atoms with Crippen LogP contribution in [0.4, 0.5) is 0 Å². The molecule has 3 saturated heterocycles. The molecule has 6 atom stereocenters. The van der Waals surface area contributed by atoms with E-state index in [1.807, 2.05) is 30.3 Å². The third kappa shape index (κ3) is 5.57. The molecule has 29 heavy (non-hydrogen) atoms. The highest BCUT2D eigenvalue weighted by Crippen LogP contribution is 2.36. The van der Waals surface area contributed by atoms with E-state index in [0.29, 0.717) is 26.1 Å². The van der Waals surface area contributed by atoms with E-state index in [4.69, 9.17) is 18.9 Å². The van der Waals surface area contributed by atoms with Crippen molar-refractivity contribution in [1.29, 1.82) is 0 Å². The summed E-state index contributed by atoms with van der Waals surface area (Å²) in [5, 5.41) is 10.5. The molecule has 0 unspecified atom stereocenters. The largest absolute Gasteiger partial charge is 0.460 e. The lowest BCUT2D eigenvalue weighted by atomic mass is 10.0. The summed E-state index contributed by atoms with van der Waals surface area (Å²) in [7, 11) is 0. The van der Waals surface area contributed by atoms with Crippen LogP contribution in [-0.4, -0.2) is 54.3 Å². The summed E-state index contributed by atoms with van der Waals surface area (Å²) < 4.78 is 23.3. The lowest BCUT2D eigenvalue weighted by molar-refractivity contribution is -0.149. The van der Waals surface area contributed by atoms with E-state index in [9.17, 15) is 9.90 Å². The van der Waals surface area contributed by atoms with Crippen LogP contribution in [0.2, 0.25) is 0 Å². The Balaban J connectivity index is 1.12. The first-order chi connectivity index (χ1) is 14.2. The fourth-order valence-corrected chi connectivity index (χ4v) is 4.64. The molecule has 3 fully saturated rings. The zero-order valence-electron chi connectivity index (χ0n) is 16.9. The SMILES string of the molecule is O=C1CC[C@H]([C@@H]2CC[C@@H]([C@@H]3CC[C@H]([C@@H](O)CCCOCc4ccccc4)O3)O2)O1. The number of benzene rings is 1. The van der Waals surface area contributed by atoms with Gasteiger partial charge in [-0.15, -0.1) is 0 Å². The van der Waals surface area contributed by atoms with Gasteiger partial charge >= 0.3 is 5.97 Å². The van der Waals surface area contributed by atoms with Gasteiger partial charge in [-0.3, -0.25) is 4.79 Å². The molecule has 1 aromatic carbocycles. The zero-order valence-corrected chi connectivity index (χ0v) is 16.9. The van der Waals surface area contributed by atoms with E-state index in [0.717, 1.165) is 44.1 Å². The quantitative estimate of drug-likeness (QED) is 0.503. The van der Waals surface area contributed by atoms with Crippen molar-refractivity contribution in [2.75, 3.05) is 6.61 Å². The molecule has 0 bridgehead atoms. The second-order valence-corrected chi connectivity index (χ2v) is 8.40. The maximum absolute atomic E-state index is 11.3. The van der Waals surface area contributed by atoms with Gasteiger partial charge in [0.2, 0.25) is 0 Å². The van der Waals surface area contributed by atoms with Crippen LogP contribution in [0.15, 0.2) is 30.3 Å². The Morgan fingerprint density at radius 2 is 1.69 bits per heavy atom. The summed E-state index contributed by atoms with van der Waals surface area (Å²) >= 11 is 0. The number of aliphatic hydroxyl groups excluding tert-OH is 1. The van der Waals surface area contributed by atoms with Crippen molar-refractivity contribution < 1.29 is 28.8 Å². The van der Waals surface area contributed by atoms with Crippen molar-refractivity contribution in [2.45, 2.75) is 94.6 Å². The van der Waals surface area contributed by atoms with Crippen LogP contribution in [0.1, 0.15) is 56.9 Å². The molecule has 6 heteroatoms. The average Bonchev–Trinajstić information content (AvgIpc) is 3.48. The summed E-state index contributed by atoms with van der Waals surface area (Å²) in [4.78, 5) is 11.3. The summed E-state index contributed by atoms with van der Waals surface area (Å²) in [5.74, 6) is -0.116. The van der Waals surface area contributed by atoms with Crippen molar-refractivity contribution in [3.05, 3.63) is 35.9 Å². The van der Waals surface area contributed by atoms with E-state index < -0.39 is 6.10 Å². The van der Waals surface area contributed by atoms with Crippen LogP contribution in [-0.2, 0) is 30.3 Å². The van der Waals surface area contributed by atoms with Crippen molar-refractivity contribution in [3.8, 4) is 0 Å². The predicted octanol–water partition coefficient (Wildman–Crippen LogP) is 3.15. The molecule has 0 aromatic heterocycles. The van der Waals surface area contributed by atoms with Crippen LogP contribution in [0, 0.1) is 0 Å². The molecule has 3 heterocycles. The Kier molecular flexibility index (Phi) is 7.19. The van der Waals surface area contributed by atoms with Gasteiger partial charge in [-0.25, -0.2) is 0 Å². The van der Waals surface area contributed by atoms with Gasteiger partial charge in [0.05, 0.1) is 37.1 Å². The van der Waals surface area contributed by atoms with E-state index in [2.05, 4.69) is 0 Å². The van der Waals surface area contributed by atoms with Gasteiger partial charge in [0.15, 0.2) is 0 Å². The smallest absolute Gasteiger partial charge is 0.306 e. The molecular weight excluding hydrogens is 372 g/mol. The molecule has 0 spiro atoms. The van der Waals surface area contributed by atoms with Gasteiger partial charge in [-0.05, 0) is 50.5 Å². The van der Waals surface area contributed by atoms with Crippen LogP contribution in [0.3, 0.4) is 0 Å². The van der Waals surface area contributed by atoms with Gasteiger partial charge in [0.25, 0.3) is 0 Å². The number of carbonyl (C=O) groups excluding carboxylic acids is 1. The number of cyclic esters (lactones) is 1. The first kappa shape index (κ1) is 20.8. The molecule has 0 saturated carbocycles. The van der Waals surface area contributed by atoms with Crippen LogP contribution >= 0.6 is 0 Å². The highest BCUT2D eigenvalue weighted by Gasteiger charge is 2.43. The van der Waals surface area contributed by atoms with Crippen molar-refractivity contribution in [2.24, 2.45) is 0 Å². The minimum atomic E-state index is -0.465. The van der Waals surface area contributed by atoms with E-state index in [-0.39, 0.29) is 36.5 Å². The van der Waals surface area contributed by atoms with Crippen LogP contribution < -0.4 is 0 Å². The number of hydrogen-bond donors (Lipinski definition) is 1. The lowest BCUT2D eigenvalue weighted by Crippen LogP contribution is -2.33. The summed E-state index contributed by atoms with van der Waals surface area (Å²) in [6, 6.07) is 10.1. The average molecular weight is 405 g/mol. The lowest BCUT2D eigenvalue weighted by Gasteiger charge is -2.24. The first-order valence-electron chi connectivity index (χ1n) is 11.0. The molecular formula is C23H32O6. The second-order valence-electron chi connectivity index (χ2n) is 8.40. The van der Waals surface area contributed by atoms with Crippen molar-refractivity contribution >= 4 is 5.97 Å². The van der Waals surface area contributed by atoms with Crippen LogP contribution in [0.5, 0.6) is 0 Å². The Morgan fingerprint density at radius 1 is 0.966 bits per heavy atom. The molecule has 1 N–H and O–H groups in total. The van der Waals surface area contributed by atoms with Crippen molar-refractivity contribution in [3.63, 3.8) is 0 Å². The molecule has 0 aliphatic carbocycles. The summed E-state index contributed by atoms with van der Waals surface area (Å²) in [6.45, 7) is 1.24. The van der Waals surface area contributed by atoms with Crippen LogP contribution in [0.25, 0.3) is 0 Å². The van der Waals surface area contributed by atoms with Gasteiger partial charge in [0, 0.05) is 13.0 Å². The number of carbonyl (C=O) groups is 1. The van der Waals surface area contributed by atoms with E-state index in [1.165, 1.54) is 0 Å². The fraction of sp³-hybridized carbons (Fsp3) is 0.696. The highest BCUT2D eigenvalue weighted by atomic mass is 16.6. The Labute approximate surface area is 172 Å². The molecule has 0 amide bonds. The molecule has 3 aliphatic rings. The van der Waals surface area contributed by atoms with Crippen molar-refractivity contribution in [1.82, 2.24) is 0 Å². The maximum Gasteiger partial charge on any atom is 0.306 e. The fourth-order valence-electron chi connectivity index (χ4n) is 4.64. The molecule has 160 valence electrons. The third-order valence-corrected chi connectivity index (χ3v) is 6.24. The Morgan fingerprint density at radius 3 is 2.45 bits per heavy atom. The van der Waals surface area contributed by atoms with Gasteiger partial charge in [0.1, 0.15) is 6.10 Å². The molecule has 6 nitrogen and oxygen atoms in total. The Bertz CT molecular complexity index is 650. The third-order valence-electron chi connectivity index (χ3n) is 6.24. The van der Waals surface area contributed by atoms with Gasteiger partial charge in [-0.1, -0.05) is 30.3 Å². The highest BCUT2D eigenvalue weighted by molar-refractivity contribution is 5.71. The number of ether oxygens (including phenoxy) is 4. The zero-order chi connectivity index (χ0) is 20.1. The molecule has 0 radical (unpaired) electrons. The maximum atomic E-state index is 11.3. The first-order valence-corrected chi connectivity index (χ1v) is 11.0. The topological polar surface area (TPSA) is 74.2 Å². The molecule has 4 rings (SSSR count). The second kappa shape index (κ2) is 10.0. The molecule has 1 aromatic rings. The summed E-state index contributed by atoms with van der Waals surface area (Å²) in [5.41, 5.74) is 1.16. The number of esters is 1. The number of aliphatic hydroxyl groups is 1. The molecule has 3 aliphatic heterocycles. The minimum absolute atomic E-state index is 0.000729. The Hall–Kier alpha value is -1.47. The number of hydrogen-bond acceptors (Lipinski definition) is 6. The van der Waals surface area contributed by atoms with Gasteiger partial charge < -0.3 is 24.1 Å². The summed E-state index contributed by atoms with van der Waals surface area (Å²) in [6.07, 6.45) is 5.76. The predicted molar refractivity (Wildman–Crippen MR) is 106 cm³/mol. The minimum Gasteiger partial charge on any atom is -0.460 e. The van der Waals surface area contributed by atoms with Gasteiger partial charge in [-0.2, -0.15) is 0 Å². The monoisotopic (exact) mass is 404 g/mol. The van der Waals surface area contributed by atoms with E-state index >= 15 is 0 Å².